The van der Waals surface area contributed by atoms with Crippen LogP contribution in [0, 0.1) is 0 Å². The Morgan fingerprint density at radius 1 is 1.16 bits per heavy atom. The lowest BCUT2D eigenvalue weighted by Gasteiger charge is -2.19. The molecule has 0 fully saturated rings. The lowest BCUT2D eigenvalue weighted by Crippen LogP contribution is -2.20. The van der Waals surface area contributed by atoms with Gasteiger partial charge in [-0.25, -0.2) is 4.79 Å². The summed E-state index contributed by atoms with van der Waals surface area (Å²) in [6.07, 6.45) is 1.82. The van der Waals surface area contributed by atoms with E-state index in [0.29, 0.717) is 6.54 Å². The van der Waals surface area contributed by atoms with Gasteiger partial charge in [0.2, 0.25) is 5.91 Å². The summed E-state index contributed by atoms with van der Waals surface area (Å²) in [6, 6.07) is 7.99. The van der Waals surface area contributed by atoms with Crippen LogP contribution in [0.3, 0.4) is 0 Å². The largest absolute Gasteiger partial charge is 0.478 e. The molecule has 1 aromatic rings. The highest BCUT2D eigenvalue weighted by Crippen LogP contribution is 2.22. The molecule has 0 saturated heterocycles. The molecule has 19 heavy (non-hydrogen) atoms. The van der Waals surface area contributed by atoms with Crippen LogP contribution >= 0.6 is 0 Å². The van der Waals surface area contributed by atoms with Crippen molar-refractivity contribution in [3.05, 3.63) is 47.5 Å². The zero-order valence-corrected chi connectivity index (χ0v) is 11.4. The van der Waals surface area contributed by atoms with E-state index < -0.39 is 11.9 Å². The summed E-state index contributed by atoms with van der Waals surface area (Å²) in [6.45, 7) is 6.80. The molecular formula is C15H19NO3. The fraction of sp³-hybridized carbons (Fsp3) is 0.333. The maximum Gasteiger partial charge on any atom is 0.328 e. The highest BCUT2D eigenvalue weighted by Gasteiger charge is 2.12. The summed E-state index contributed by atoms with van der Waals surface area (Å²) in [5.74, 6) is -1.55. The minimum atomic E-state index is -1.13. The maximum absolute atomic E-state index is 11.3. The molecule has 0 radical (unpaired) electrons. The highest BCUT2D eigenvalue weighted by molar-refractivity contribution is 5.93. The lowest BCUT2D eigenvalue weighted by molar-refractivity contribution is -0.131. The molecule has 2 N–H and O–H groups in total. The molecule has 0 atom stereocenters. The topological polar surface area (TPSA) is 66.4 Å². The van der Waals surface area contributed by atoms with E-state index in [1.54, 1.807) is 0 Å². The number of hydrogen-bond donors (Lipinski definition) is 2. The summed E-state index contributed by atoms with van der Waals surface area (Å²) in [7, 11) is 0. The number of carboxylic acid groups (broad SMARTS) is 1. The van der Waals surface area contributed by atoms with Crippen molar-refractivity contribution in [1.29, 1.82) is 0 Å². The molecule has 0 aromatic heterocycles. The molecule has 0 aliphatic carbocycles. The van der Waals surface area contributed by atoms with Gasteiger partial charge in [0.25, 0.3) is 0 Å². The van der Waals surface area contributed by atoms with E-state index in [9.17, 15) is 9.59 Å². The van der Waals surface area contributed by atoms with E-state index in [1.165, 1.54) is 5.56 Å². The van der Waals surface area contributed by atoms with Crippen LogP contribution in [0.25, 0.3) is 0 Å². The monoisotopic (exact) mass is 261 g/mol. The van der Waals surface area contributed by atoms with Gasteiger partial charge in [0.15, 0.2) is 0 Å². The maximum atomic E-state index is 11.3. The zero-order valence-electron chi connectivity index (χ0n) is 11.4. The van der Waals surface area contributed by atoms with Crippen LogP contribution in [0.2, 0.25) is 0 Å². The fourth-order valence-corrected chi connectivity index (χ4v) is 1.52. The molecule has 0 saturated carbocycles. The van der Waals surface area contributed by atoms with Gasteiger partial charge in [-0.2, -0.15) is 0 Å². The Kier molecular flexibility index (Phi) is 4.87. The first-order valence-electron chi connectivity index (χ1n) is 6.07. The molecule has 102 valence electrons. The fourth-order valence-electron chi connectivity index (χ4n) is 1.52. The number of carbonyl (C=O) groups excluding carboxylic acids is 1. The number of benzene rings is 1. The molecule has 1 rings (SSSR count). The standard InChI is InChI=1S/C15H19NO3/c1-15(2,3)12-6-4-11(5-7-12)10-16-13(17)8-9-14(18)19/h4-9H,10H2,1-3H3,(H,16,17)(H,18,19)/b9-8+. The summed E-state index contributed by atoms with van der Waals surface area (Å²) < 4.78 is 0. The molecular weight excluding hydrogens is 242 g/mol. The van der Waals surface area contributed by atoms with E-state index in [2.05, 4.69) is 26.1 Å². The van der Waals surface area contributed by atoms with E-state index >= 15 is 0 Å². The van der Waals surface area contributed by atoms with E-state index in [4.69, 9.17) is 5.11 Å². The second-order valence-corrected chi connectivity index (χ2v) is 5.34. The molecule has 0 unspecified atom stereocenters. The van der Waals surface area contributed by atoms with Gasteiger partial charge in [-0.15, -0.1) is 0 Å². The number of rotatable bonds is 4. The average Bonchev–Trinajstić information content (AvgIpc) is 2.33. The third kappa shape index (κ3) is 5.38. The van der Waals surface area contributed by atoms with E-state index in [-0.39, 0.29) is 5.41 Å². The number of nitrogens with one attached hydrogen (secondary N) is 1. The molecule has 0 spiro atoms. The predicted molar refractivity (Wildman–Crippen MR) is 73.8 cm³/mol. The van der Waals surface area contributed by atoms with Crippen molar-refractivity contribution in [1.82, 2.24) is 5.32 Å². The van der Waals surface area contributed by atoms with Crippen molar-refractivity contribution in [2.24, 2.45) is 0 Å². The molecule has 1 aromatic carbocycles. The minimum Gasteiger partial charge on any atom is -0.478 e. The minimum absolute atomic E-state index is 0.103. The van der Waals surface area contributed by atoms with Gasteiger partial charge in [0.1, 0.15) is 0 Å². The Balaban J connectivity index is 2.55. The van der Waals surface area contributed by atoms with Crippen molar-refractivity contribution in [3.63, 3.8) is 0 Å². The third-order valence-electron chi connectivity index (χ3n) is 2.66. The van der Waals surface area contributed by atoms with Crippen LogP contribution in [0.5, 0.6) is 0 Å². The van der Waals surface area contributed by atoms with Gasteiger partial charge in [0, 0.05) is 18.7 Å². The summed E-state index contributed by atoms with van der Waals surface area (Å²) in [5.41, 5.74) is 2.31. The van der Waals surface area contributed by atoms with Crippen molar-refractivity contribution in [3.8, 4) is 0 Å². The molecule has 4 heteroatoms. The molecule has 0 bridgehead atoms. The van der Waals surface area contributed by atoms with Crippen LogP contribution < -0.4 is 5.32 Å². The Bertz CT molecular complexity index is 481. The number of aliphatic carboxylic acids is 1. The molecule has 4 nitrogen and oxygen atoms in total. The van der Waals surface area contributed by atoms with Gasteiger partial charge in [-0.1, -0.05) is 45.0 Å². The van der Waals surface area contributed by atoms with Crippen molar-refractivity contribution in [2.45, 2.75) is 32.7 Å². The number of carboxylic acids is 1. The third-order valence-corrected chi connectivity index (χ3v) is 2.66. The molecule has 1 amide bonds. The SMILES string of the molecule is CC(C)(C)c1ccc(CNC(=O)/C=C/C(=O)O)cc1. The number of amides is 1. The van der Waals surface area contributed by atoms with Gasteiger partial charge in [0.05, 0.1) is 0 Å². The second-order valence-electron chi connectivity index (χ2n) is 5.34. The average molecular weight is 261 g/mol. The van der Waals surface area contributed by atoms with Crippen LogP contribution in [0.1, 0.15) is 31.9 Å². The molecule has 0 aliphatic rings. The van der Waals surface area contributed by atoms with Crippen LogP contribution in [-0.2, 0) is 21.5 Å². The van der Waals surface area contributed by atoms with E-state index in [0.717, 1.165) is 17.7 Å². The second kappa shape index (κ2) is 6.18. The highest BCUT2D eigenvalue weighted by atomic mass is 16.4. The number of hydrogen-bond acceptors (Lipinski definition) is 2. The quantitative estimate of drug-likeness (QED) is 0.817. The first kappa shape index (κ1) is 15.0. The summed E-state index contributed by atoms with van der Waals surface area (Å²) >= 11 is 0. The predicted octanol–water partition coefficient (Wildman–Crippen LogP) is 2.24. The van der Waals surface area contributed by atoms with Crippen molar-refractivity contribution in [2.75, 3.05) is 0 Å². The summed E-state index contributed by atoms with van der Waals surface area (Å²) in [5, 5.41) is 11.0. The summed E-state index contributed by atoms with van der Waals surface area (Å²) in [4.78, 5) is 21.5. The Morgan fingerprint density at radius 3 is 2.21 bits per heavy atom. The molecule has 0 aliphatic heterocycles. The zero-order chi connectivity index (χ0) is 14.5. The van der Waals surface area contributed by atoms with Crippen molar-refractivity contribution < 1.29 is 14.7 Å². The molecule has 0 heterocycles. The first-order chi connectivity index (χ1) is 8.79. The van der Waals surface area contributed by atoms with Crippen LogP contribution in [0.4, 0.5) is 0 Å². The van der Waals surface area contributed by atoms with Gasteiger partial charge < -0.3 is 10.4 Å². The first-order valence-corrected chi connectivity index (χ1v) is 6.07. The Hall–Kier alpha value is -2.10. The Morgan fingerprint density at radius 2 is 1.74 bits per heavy atom. The number of carbonyl (C=O) groups is 2. The normalized spacial score (nSPS) is 11.5. The van der Waals surface area contributed by atoms with Crippen LogP contribution in [0.15, 0.2) is 36.4 Å². The van der Waals surface area contributed by atoms with Gasteiger partial charge in [-0.3, -0.25) is 4.79 Å². The van der Waals surface area contributed by atoms with Gasteiger partial charge >= 0.3 is 5.97 Å². The van der Waals surface area contributed by atoms with Crippen LogP contribution in [-0.4, -0.2) is 17.0 Å². The lowest BCUT2D eigenvalue weighted by atomic mass is 9.87. The van der Waals surface area contributed by atoms with E-state index in [1.807, 2.05) is 24.3 Å². The van der Waals surface area contributed by atoms with Crippen molar-refractivity contribution >= 4 is 11.9 Å². The van der Waals surface area contributed by atoms with Gasteiger partial charge in [-0.05, 0) is 16.5 Å². The Labute approximate surface area is 113 Å². The smallest absolute Gasteiger partial charge is 0.328 e.